The van der Waals surface area contributed by atoms with Gasteiger partial charge in [0.1, 0.15) is 23.9 Å². The van der Waals surface area contributed by atoms with E-state index in [9.17, 15) is 30.3 Å². The molecule has 3 aliphatic rings. The van der Waals surface area contributed by atoms with E-state index in [1.54, 1.807) is 69.5 Å². The van der Waals surface area contributed by atoms with E-state index in [0.29, 0.717) is 18.7 Å². The first kappa shape index (κ1) is 49.8. The first-order valence-electron chi connectivity index (χ1n) is 20.4. The molecule has 3 saturated heterocycles. The van der Waals surface area contributed by atoms with Gasteiger partial charge in [-0.05, 0) is 67.9 Å². The predicted molar refractivity (Wildman–Crippen MR) is 208 cm³/mol. The zero-order chi connectivity index (χ0) is 43.0. The van der Waals surface area contributed by atoms with Crippen molar-refractivity contribution in [3.63, 3.8) is 0 Å². The topological polar surface area (TPSA) is 226 Å². The molecule has 18 atom stereocenters. The first-order valence-corrected chi connectivity index (χ1v) is 20.4. The fourth-order valence-electron chi connectivity index (χ4n) is 8.73. The van der Waals surface area contributed by atoms with Gasteiger partial charge in [0.05, 0.1) is 66.6 Å². The number of aliphatic hydroxyl groups is 5. The Hall–Kier alpha value is -1.58. The van der Waals surface area contributed by atoms with E-state index in [1.807, 2.05) is 6.92 Å². The number of carbonyl (C=O) groups excluding carboxylic acids is 1. The van der Waals surface area contributed by atoms with Crippen LogP contribution >= 0.6 is 0 Å². The number of methoxy groups -OCH3 is 2. The second-order valence-electron chi connectivity index (χ2n) is 17.1. The number of carbonyl (C=O) groups is 1. The Morgan fingerprint density at radius 3 is 2.18 bits per heavy atom. The molecule has 3 fully saturated rings. The Labute approximate surface area is 339 Å². The number of hydrogen-bond acceptors (Lipinski definition) is 17. The fourth-order valence-corrected chi connectivity index (χ4v) is 8.73. The van der Waals surface area contributed by atoms with Crippen molar-refractivity contribution in [1.82, 2.24) is 5.32 Å². The van der Waals surface area contributed by atoms with Crippen LogP contribution in [0, 0.1) is 23.7 Å². The molecule has 3 rings (SSSR count). The van der Waals surface area contributed by atoms with Gasteiger partial charge in [0.25, 0.3) is 0 Å². The van der Waals surface area contributed by atoms with Crippen LogP contribution < -0.4 is 5.32 Å². The molecule has 0 aromatic carbocycles. The van der Waals surface area contributed by atoms with E-state index in [1.165, 1.54) is 14.0 Å². The Balaban J connectivity index is 2.21. The number of rotatable bonds is 13. The van der Waals surface area contributed by atoms with Crippen LogP contribution in [0.5, 0.6) is 0 Å². The van der Waals surface area contributed by atoms with Crippen LogP contribution in [0.25, 0.3) is 0 Å². The SMILES string of the molecule is CC[C@H]1OC(=O)[C@H](C)[C@@H](OC2C[C@@](C)(OC)[C@@H](O)[C@H](C)O2)[C@H](C)[C@@H](OC2O[C@H](C)C[C@H](NC)[C@H]2O)[C@](C)(O)C[C@@H](C)/C(=N\OCOCCOC)[C@H](C)[C@@H](O)[C@]1(C)O. The minimum atomic E-state index is -1.97. The summed E-state index contributed by atoms with van der Waals surface area (Å²) in [5.74, 6) is -4.14. The molecule has 0 aliphatic carbocycles. The van der Waals surface area contributed by atoms with E-state index >= 15 is 0 Å². The maximum absolute atomic E-state index is 14.3. The number of aliphatic hydroxyl groups excluding tert-OH is 3. The average Bonchev–Trinajstić information content (AvgIpc) is 3.15. The summed E-state index contributed by atoms with van der Waals surface area (Å²) in [6.45, 7) is 17.2. The van der Waals surface area contributed by atoms with E-state index in [4.69, 9.17) is 42.7 Å². The summed E-state index contributed by atoms with van der Waals surface area (Å²) in [5, 5.41) is 66.4. The Morgan fingerprint density at radius 1 is 0.912 bits per heavy atom. The summed E-state index contributed by atoms with van der Waals surface area (Å²) in [6.07, 6.45) is -9.54. The molecule has 0 radical (unpaired) electrons. The monoisotopic (exact) mass is 823 g/mol. The lowest BCUT2D eigenvalue weighted by atomic mass is 9.73. The van der Waals surface area contributed by atoms with Gasteiger partial charge in [-0.3, -0.25) is 4.79 Å². The Morgan fingerprint density at radius 2 is 1.58 bits per heavy atom. The zero-order valence-corrected chi connectivity index (χ0v) is 36.4. The minimum absolute atomic E-state index is 0.0323. The third-order valence-corrected chi connectivity index (χ3v) is 12.3. The number of likely N-dealkylation sites (N-methyl/N-ethyl adjacent to an activating group) is 1. The quantitative estimate of drug-likeness (QED) is 0.0675. The molecule has 0 saturated carbocycles. The van der Waals surface area contributed by atoms with Gasteiger partial charge in [-0.25, -0.2) is 0 Å². The largest absolute Gasteiger partial charge is 0.459 e. The summed E-state index contributed by atoms with van der Waals surface area (Å²) < 4.78 is 47.9. The number of hydrogen-bond donors (Lipinski definition) is 6. The van der Waals surface area contributed by atoms with Crippen molar-refractivity contribution in [3.8, 4) is 0 Å². The summed E-state index contributed by atoms with van der Waals surface area (Å²) in [6, 6.07) is -0.379. The van der Waals surface area contributed by atoms with Gasteiger partial charge < -0.3 is 73.6 Å². The lowest BCUT2D eigenvalue weighted by molar-refractivity contribution is -0.315. The van der Waals surface area contributed by atoms with Crippen LogP contribution in [0.1, 0.15) is 94.9 Å². The highest BCUT2D eigenvalue weighted by molar-refractivity contribution is 5.88. The molecule has 57 heavy (non-hydrogen) atoms. The van der Waals surface area contributed by atoms with Gasteiger partial charge in [0.15, 0.2) is 12.6 Å². The first-order chi connectivity index (χ1) is 26.6. The molecule has 17 nitrogen and oxygen atoms in total. The molecule has 0 amide bonds. The van der Waals surface area contributed by atoms with Crippen molar-refractivity contribution in [3.05, 3.63) is 0 Å². The standard InChI is InChI=1S/C40H74N2O15/c1-14-28-40(10,48)33(44)23(4)30(42-52-20-51-16-15-49-12)21(2)18-38(8,47)35(57-37-31(43)27(41-11)17-22(3)53-37)24(5)32(25(6)36(46)55-28)56-29-19-39(9,50-13)34(45)26(7)54-29/h21-29,31-35,37,41,43-45,47-48H,14-20H2,1-13H3/b42-30+/t21-,22-,23+,24+,25-,26+,27+,28-,29?,31-,32+,33-,34+,35-,37?,38-,39-,40-/m1/s1. The van der Waals surface area contributed by atoms with Crippen LogP contribution in [-0.4, -0.2) is 163 Å². The van der Waals surface area contributed by atoms with Crippen LogP contribution in [-0.2, 0) is 47.5 Å². The molecule has 3 heterocycles. The van der Waals surface area contributed by atoms with E-state index in [0.717, 1.165) is 0 Å². The van der Waals surface area contributed by atoms with Crippen molar-refractivity contribution in [1.29, 1.82) is 0 Å². The number of ether oxygens (including phenoxy) is 8. The molecular formula is C40H74N2O15. The molecule has 2 unspecified atom stereocenters. The highest BCUT2D eigenvalue weighted by Gasteiger charge is 2.53. The molecular weight excluding hydrogens is 748 g/mol. The molecule has 3 aliphatic heterocycles. The molecule has 0 spiro atoms. The summed E-state index contributed by atoms with van der Waals surface area (Å²) in [7, 11) is 4.77. The van der Waals surface area contributed by atoms with Crippen LogP contribution in [0.15, 0.2) is 5.16 Å². The normalized spacial score (nSPS) is 46.3. The van der Waals surface area contributed by atoms with Crippen molar-refractivity contribution in [2.45, 2.75) is 179 Å². The van der Waals surface area contributed by atoms with E-state index in [-0.39, 0.29) is 44.8 Å². The highest BCUT2D eigenvalue weighted by Crippen LogP contribution is 2.41. The number of cyclic esters (lactones) is 1. The number of nitrogens with one attached hydrogen (secondary N) is 1. The lowest BCUT2D eigenvalue weighted by Gasteiger charge is -2.49. The second kappa shape index (κ2) is 21.3. The smallest absolute Gasteiger partial charge is 0.311 e. The summed E-state index contributed by atoms with van der Waals surface area (Å²) in [5.41, 5.74) is -4.49. The van der Waals surface area contributed by atoms with Gasteiger partial charge >= 0.3 is 5.97 Å². The third kappa shape index (κ3) is 12.0. The Bertz CT molecular complexity index is 1270. The molecule has 0 aromatic rings. The maximum atomic E-state index is 14.3. The van der Waals surface area contributed by atoms with Gasteiger partial charge in [-0.2, -0.15) is 0 Å². The predicted octanol–water partition coefficient (Wildman–Crippen LogP) is 1.87. The van der Waals surface area contributed by atoms with Gasteiger partial charge in [0.2, 0.25) is 6.79 Å². The average molecular weight is 823 g/mol. The zero-order valence-electron chi connectivity index (χ0n) is 36.4. The van der Waals surface area contributed by atoms with Crippen molar-refractivity contribution < 1.29 is 73.1 Å². The molecule has 17 heteroatoms. The van der Waals surface area contributed by atoms with Crippen molar-refractivity contribution >= 4 is 11.7 Å². The number of nitrogens with zero attached hydrogens (tertiary/aromatic N) is 1. The Kier molecular flexibility index (Phi) is 18.6. The summed E-state index contributed by atoms with van der Waals surface area (Å²) >= 11 is 0. The van der Waals surface area contributed by atoms with Gasteiger partial charge in [0, 0.05) is 44.4 Å². The molecule has 6 N–H and O–H groups in total. The fraction of sp³-hybridized carbons (Fsp3) is 0.950. The van der Waals surface area contributed by atoms with Crippen LogP contribution in [0.2, 0.25) is 0 Å². The van der Waals surface area contributed by atoms with Crippen molar-refractivity contribution in [2.24, 2.45) is 28.8 Å². The summed E-state index contributed by atoms with van der Waals surface area (Å²) in [4.78, 5) is 19.8. The van der Waals surface area contributed by atoms with Gasteiger partial charge in [-0.1, -0.05) is 32.9 Å². The highest BCUT2D eigenvalue weighted by atomic mass is 16.7. The number of oxime groups is 1. The van der Waals surface area contributed by atoms with Crippen molar-refractivity contribution in [2.75, 3.05) is 41.3 Å². The molecule has 334 valence electrons. The maximum Gasteiger partial charge on any atom is 0.311 e. The van der Waals surface area contributed by atoms with E-state index < -0.39 is 102 Å². The van der Waals surface area contributed by atoms with Crippen LogP contribution in [0.4, 0.5) is 0 Å². The minimum Gasteiger partial charge on any atom is -0.459 e. The third-order valence-electron chi connectivity index (χ3n) is 12.3. The van der Waals surface area contributed by atoms with Crippen LogP contribution in [0.3, 0.4) is 0 Å². The van der Waals surface area contributed by atoms with E-state index in [2.05, 4.69) is 10.5 Å². The second-order valence-corrected chi connectivity index (χ2v) is 17.1. The lowest BCUT2D eigenvalue weighted by Crippen LogP contribution is -2.61. The molecule has 0 bridgehead atoms. The number of esters is 1. The van der Waals surface area contributed by atoms with Gasteiger partial charge in [-0.15, -0.1) is 0 Å². The molecule has 0 aromatic heterocycles.